The van der Waals surface area contributed by atoms with Crippen LogP contribution in [0.2, 0.25) is 0 Å². The molecular formula is C20H24O6. The molecule has 1 fully saturated rings. The Hall–Kier alpha value is -2.50. The van der Waals surface area contributed by atoms with Crippen LogP contribution in [0.1, 0.15) is 59.2 Å². The fourth-order valence-electron chi connectivity index (χ4n) is 4.08. The van der Waals surface area contributed by atoms with E-state index < -0.39 is 11.9 Å². The normalized spacial score (nSPS) is 20.8. The summed E-state index contributed by atoms with van der Waals surface area (Å²) in [7, 11) is 1.54. The van der Waals surface area contributed by atoms with Gasteiger partial charge in [0, 0.05) is 11.1 Å². The molecule has 1 aliphatic heterocycles. The zero-order chi connectivity index (χ0) is 18.8. The number of esters is 1. The van der Waals surface area contributed by atoms with Crippen LogP contribution in [0.4, 0.5) is 0 Å². The highest BCUT2D eigenvalue weighted by molar-refractivity contribution is 5.98. The molecule has 6 nitrogen and oxygen atoms in total. The molecule has 26 heavy (non-hydrogen) atoms. The molecule has 0 aromatic heterocycles. The van der Waals surface area contributed by atoms with E-state index in [4.69, 9.17) is 14.6 Å². The molecule has 1 heterocycles. The van der Waals surface area contributed by atoms with Crippen LogP contribution in [0.3, 0.4) is 0 Å². The lowest BCUT2D eigenvalue weighted by atomic mass is 9.81. The van der Waals surface area contributed by atoms with Crippen molar-refractivity contribution in [3.8, 4) is 11.5 Å². The first kappa shape index (κ1) is 18.3. The molecular weight excluding hydrogens is 336 g/mol. The van der Waals surface area contributed by atoms with Crippen LogP contribution in [-0.4, -0.2) is 29.3 Å². The summed E-state index contributed by atoms with van der Waals surface area (Å²) in [6, 6.07) is 0. The second-order valence-corrected chi connectivity index (χ2v) is 6.94. The number of carbonyl (C=O) groups excluding carboxylic acids is 1. The van der Waals surface area contributed by atoms with Crippen LogP contribution >= 0.6 is 0 Å². The minimum absolute atomic E-state index is 0.0369. The van der Waals surface area contributed by atoms with Crippen LogP contribution in [-0.2, 0) is 22.6 Å². The number of rotatable bonds is 5. The Kier molecular flexibility index (Phi) is 5.20. The zero-order valence-electron chi connectivity index (χ0n) is 15.1. The fraction of sp³-hybridized carbons (Fsp3) is 0.500. The van der Waals surface area contributed by atoms with Gasteiger partial charge in [-0.15, -0.1) is 0 Å². The lowest BCUT2D eigenvalue weighted by Gasteiger charge is -2.24. The molecule has 0 spiro atoms. The third-order valence-corrected chi connectivity index (χ3v) is 5.43. The van der Waals surface area contributed by atoms with Gasteiger partial charge in [-0.05, 0) is 44.1 Å². The van der Waals surface area contributed by atoms with E-state index in [9.17, 15) is 14.7 Å². The van der Waals surface area contributed by atoms with Crippen molar-refractivity contribution in [2.45, 2.75) is 52.1 Å². The maximum Gasteiger partial charge on any atom is 0.342 e. The first-order chi connectivity index (χ1) is 12.4. The fourth-order valence-corrected chi connectivity index (χ4v) is 4.08. The van der Waals surface area contributed by atoms with Crippen molar-refractivity contribution in [1.82, 2.24) is 0 Å². The summed E-state index contributed by atoms with van der Waals surface area (Å²) in [6.07, 6.45) is 6.33. The standard InChI is InChI=1S/C20H24O6/c1-11-15-10-26-20(24)17(15)18(23)14(19(11)25-2)8-7-12-5-3-4-6-13(12)9-16(21)22/h7,13,23H,3-6,8-10H2,1-2H3,(H,21,22)/b12-7+. The molecule has 140 valence electrons. The highest BCUT2D eigenvalue weighted by Crippen LogP contribution is 2.42. The first-order valence-electron chi connectivity index (χ1n) is 8.93. The van der Waals surface area contributed by atoms with Crippen LogP contribution in [0.25, 0.3) is 0 Å². The number of aliphatic carboxylic acids is 1. The number of ether oxygens (including phenoxy) is 2. The number of benzene rings is 1. The molecule has 0 saturated heterocycles. The lowest BCUT2D eigenvalue weighted by molar-refractivity contribution is -0.137. The van der Waals surface area contributed by atoms with Crippen LogP contribution in [0.15, 0.2) is 11.6 Å². The summed E-state index contributed by atoms with van der Waals surface area (Å²) >= 11 is 0. The van der Waals surface area contributed by atoms with Gasteiger partial charge in [0.2, 0.25) is 0 Å². The molecule has 0 bridgehead atoms. The second-order valence-electron chi connectivity index (χ2n) is 6.94. The Bertz CT molecular complexity index is 777. The number of allylic oxidation sites excluding steroid dienone is 2. The minimum Gasteiger partial charge on any atom is -0.507 e. The van der Waals surface area contributed by atoms with Gasteiger partial charge in [-0.2, -0.15) is 0 Å². The molecule has 0 radical (unpaired) electrons. The molecule has 1 unspecified atom stereocenters. The Morgan fingerprint density at radius 2 is 2.15 bits per heavy atom. The van der Waals surface area contributed by atoms with Crippen LogP contribution in [0.5, 0.6) is 11.5 Å². The van der Waals surface area contributed by atoms with Crippen LogP contribution in [0, 0.1) is 12.8 Å². The number of carbonyl (C=O) groups is 2. The molecule has 1 atom stereocenters. The molecule has 1 saturated carbocycles. The van der Waals surface area contributed by atoms with E-state index >= 15 is 0 Å². The number of phenolic OH excluding ortho intramolecular Hbond substituents is 1. The smallest absolute Gasteiger partial charge is 0.342 e. The topological polar surface area (TPSA) is 93.1 Å². The largest absolute Gasteiger partial charge is 0.507 e. The van der Waals surface area contributed by atoms with Crippen molar-refractivity contribution in [3.63, 3.8) is 0 Å². The SMILES string of the molecule is COc1c(C)c2c(c(O)c1C/C=C1\CCCCC1CC(=O)O)C(=O)OC2. The third-order valence-electron chi connectivity index (χ3n) is 5.43. The van der Waals surface area contributed by atoms with Crippen molar-refractivity contribution < 1.29 is 29.3 Å². The van der Waals surface area contributed by atoms with Gasteiger partial charge in [0.25, 0.3) is 0 Å². The average molecular weight is 360 g/mol. The number of carboxylic acids is 1. The number of phenols is 1. The maximum absolute atomic E-state index is 12.0. The monoisotopic (exact) mass is 360 g/mol. The number of aromatic hydroxyl groups is 1. The highest BCUT2D eigenvalue weighted by Gasteiger charge is 2.32. The van der Waals surface area contributed by atoms with Crippen molar-refractivity contribution in [3.05, 3.63) is 33.9 Å². The number of methoxy groups -OCH3 is 1. The summed E-state index contributed by atoms with van der Waals surface area (Å²) in [5, 5.41) is 19.8. The number of fused-ring (bicyclic) bond motifs is 1. The minimum atomic E-state index is -0.792. The van der Waals surface area contributed by atoms with Gasteiger partial charge < -0.3 is 19.7 Å². The summed E-state index contributed by atoms with van der Waals surface area (Å²) in [5.41, 5.74) is 3.35. The predicted octanol–water partition coefficient (Wildman–Crippen LogP) is 3.51. The summed E-state index contributed by atoms with van der Waals surface area (Å²) in [5.74, 6) is -0.804. The Balaban J connectivity index is 1.96. The van der Waals surface area contributed by atoms with E-state index in [1.54, 1.807) is 0 Å². The second kappa shape index (κ2) is 7.40. The maximum atomic E-state index is 12.0. The average Bonchev–Trinajstić information content (AvgIpc) is 2.99. The Labute approximate surface area is 152 Å². The molecule has 2 aliphatic rings. The summed E-state index contributed by atoms with van der Waals surface area (Å²) < 4.78 is 10.6. The van der Waals surface area contributed by atoms with E-state index in [2.05, 4.69) is 0 Å². The third kappa shape index (κ3) is 3.28. The van der Waals surface area contributed by atoms with Gasteiger partial charge in [-0.3, -0.25) is 4.79 Å². The van der Waals surface area contributed by atoms with Crippen LogP contribution < -0.4 is 4.74 Å². The number of hydrogen-bond acceptors (Lipinski definition) is 5. The van der Waals surface area contributed by atoms with Gasteiger partial charge >= 0.3 is 11.9 Å². The van der Waals surface area contributed by atoms with Crippen molar-refractivity contribution in [2.75, 3.05) is 7.11 Å². The Morgan fingerprint density at radius 1 is 1.38 bits per heavy atom. The van der Waals surface area contributed by atoms with Gasteiger partial charge in [-0.25, -0.2) is 4.79 Å². The predicted molar refractivity (Wildman–Crippen MR) is 94.5 cm³/mol. The molecule has 1 aliphatic carbocycles. The molecule has 3 rings (SSSR count). The first-order valence-corrected chi connectivity index (χ1v) is 8.93. The van der Waals surface area contributed by atoms with E-state index in [0.29, 0.717) is 23.3 Å². The van der Waals surface area contributed by atoms with E-state index in [1.807, 2.05) is 13.0 Å². The Morgan fingerprint density at radius 3 is 2.85 bits per heavy atom. The molecule has 6 heteroatoms. The highest BCUT2D eigenvalue weighted by atomic mass is 16.5. The summed E-state index contributed by atoms with van der Waals surface area (Å²) in [4.78, 5) is 23.1. The molecule has 2 N–H and O–H groups in total. The number of hydrogen-bond donors (Lipinski definition) is 2. The number of carboxylic acid groups (broad SMARTS) is 1. The van der Waals surface area contributed by atoms with E-state index in [1.165, 1.54) is 7.11 Å². The van der Waals surface area contributed by atoms with Crippen molar-refractivity contribution in [1.29, 1.82) is 0 Å². The van der Waals surface area contributed by atoms with E-state index in [0.717, 1.165) is 36.8 Å². The molecule has 1 aromatic carbocycles. The quantitative estimate of drug-likeness (QED) is 0.616. The van der Waals surface area contributed by atoms with Crippen molar-refractivity contribution in [2.24, 2.45) is 5.92 Å². The van der Waals surface area contributed by atoms with Gasteiger partial charge in [-0.1, -0.05) is 18.1 Å². The summed E-state index contributed by atoms with van der Waals surface area (Å²) in [6.45, 7) is 2.00. The number of cyclic esters (lactones) is 1. The molecule has 0 amide bonds. The van der Waals surface area contributed by atoms with Gasteiger partial charge in [0.1, 0.15) is 23.7 Å². The van der Waals surface area contributed by atoms with Gasteiger partial charge in [0.05, 0.1) is 13.5 Å². The van der Waals surface area contributed by atoms with E-state index in [-0.39, 0.29) is 30.3 Å². The van der Waals surface area contributed by atoms with Gasteiger partial charge in [0.15, 0.2) is 0 Å². The molecule has 1 aromatic rings. The zero-order valence-corrected chi connectivity index (χ0v) is 15.1. The van der Waals surface area contributed by atoms with Crippen molar-refractivity contribution >= 4 is 11.9 Å². The lowest BCUT2D eigenvalue weighted by Crippen LogP contribution is -2.15.